The Morgan fingerprint density at radius 1 is 1.24 bits per heavy atom. The number of rotatable bonds is 2. The summed E-state index contributed by atoms with van der Waals surface area (Å²) in [5.74, 6) is 1.26. The van der Waals surface area contributed by atoms with E-state index < -0.39 is 0 Å². The van der Waals surface area contributed by atoms with Crippen LogP contribution in [0.3, 0.4) is 0 Å². The second kappa shape index (κ2) is 5.15. The van der Waals surface area contributed by atoms with Crippen molar-refractivity contribution in [2.75, 3.05) is 13.2 Å². The van der Waals surface area contributed by atoms with E-state index in [9.17, 15) is 10.2 Å². The Morgan fingerprint density at radius 2 is 1.90 bits per heavy atom. The monoisotopic (exact) mass is 288 g/mol. The Labute approximate surface area is 126 Å². The van der Waals surface area contributed by atoms with Crippen molar-refractivity contribution in [3.8, 4) is 5.75 Å². The normalized spacial score (nSPS) is 39.0. The van der Waals surface area contributed by atoms with Crippen molar-refractivity contribution in [2.45, 2.75) is 26.9 Å². The van der Waals surface area contributed by atoms with Crippen molar-refractivity contribution in [3.05, 3.63) is 41.5 Å². The van der Waals surface area contributed by atoms with Crippen molar-refractivity contribution < 1.29 is 14.9 Å². The van der Waals surface area contributed by atoms with E-state index in [0.29, 0.717) is 18.4 Å². The topological polar surface area (TPSA) is 49.7 Å². The highest BCUT2D eigenvalue weighted by molar-refractivity contribution is 5.31. The molecule has 21 heavy (non-hydrogen) atoms. The van der Waals surface area contributed by atoms with E-state index in [1.165, 1.54) is 5.57 Å². The molecule has 5 atom stereocenters. The fourth-order valence-corrected chi connectivity index (χ4v) is 4.25. The molecule has 0 spiro atoms. The first kappa shape index (κ1) is 14.6. The molecule has 0 aromatic heterocycles. The van der Waals surface area contributed by atoms with Gasteiger partial charge in [-0.15, -0.1) is 0 Å². The van der Waals surface area contributed by atoms with Crippen LogP contribution in [0.4, 0.5) is 0 Å². The molecule has 1 saturated heterocycles. The minimum Gasteiger partial charge on any atom is -0.508 e. The van der Waals surface area contributed by atoms with Crippen LogP contribution in [0.5, 0.6) is 5.75 Å². The fraction of sp³-hybridized carbons (Fsp3) is 0.556. The maximum Gasteiger partial charge on any atom is 0.115 e. The highest BCUT2D eigenvalue weighted by Crippen LogP contribution is 2.55. The van der Waals surface area contributed by atoms with Crippen LogP contribution in [0.15, 0.2) is 35.9 Å². The SMILES string of the molecule is CC1=C[C@H](C)[C@@]2(CO)CO[C@H](c3ccc(O)cc3)[C@@H]1[C@H]2C. The summed E-state index contributed by atoms with van der Waals surface area (Å²) in [5, 5.41) is 19.4. The van der Waals surface area contributed by atoms with E-state index in [1.54, 1.807) is 12.1 Å². The molecular formula is C18H24O3. The zero-order valence-electron chi connectivity index (χ0n) is 12.9. The Bertz CT molecular complexity index is 548. The van der Waals surface area contributed by atoms with Crippen LogP contribution in [-0.4, -0.2) is 23.4 Å². The van der Waals surface area contributed by atoms with Gasteiger partial charge in [0.2, 0.25) is 0 Å². The van der Waals surface area contributed by atoms with E-state index in [0.717, 1.165) is 5.56 Å². The molecule has 3 rings (SSSR count). The van der Waals surface area contributed by atoms with Gasteiger partial charge in [-0.05, 0) is 36.5 Å². The number of ether oxygens (including phenoxy) is 1. The molecule has 2 aliphatic rings. The summed E-state index contributed by atoms with van der Waals surface area (Å²) in [5.41, 5.74) is 2.27. The van der Waals surface area contributed by atoms with Crippen LogP contribution in [-0.2, 0) is 4.74 Å². The minimum absolute atomic E-state index is 0.00373. The summed E-state index contributed by atoms with van der Waals surface area (Å²) in [6.45, 7) is 7.33. The molecular weight excluding hydrogens is 264 g/mol. The second-order valence-corrected chi connectivity index (χ2v) is 6.73. The number of hydrogen-bond acceptors (Lipinski definition) is 3. The van der Waals surface area contributed by atoms with E-state index in [2.05, 4.69) is 26.8 Å². The molecule has 0 saturated carbocycles. The lowest BCUT2D eigenvalue weighted by atomic mass is 9.56. The van der Waals surface area contributed by atoms with Crippen molar-refractivity contribution in [2.24, 2.45) is 23.2 Å². The average molecular weight is 288 g/mol. The standard InChI is InChI=1S/C18H24O3/c1-11-8-12(2)18(9-19)10-21-17(16(11)13(18)3)14-4-6-15(20)7-5-14/h4-8,12-13,16-17,19-20H,9-10H2,1-3H3/t12-,13+,16-,17+,18+/m0/s1. The van der Waals surface area contributed by atoms with Gasteiger partial charge in [-0.25, -0.2) is 0 Å². The first-order chi connectivity index (χ1) is 9.99. The summed E-state index contributed by atoms with van der Waals surface area (Å²) < 4.78 is 6.19. The molecule has 1 heterocycles. The quantitative estimate of drug-likeness (QED) is 0.821. The molecule has 0 unspecified atom stereocenters. The van der Waals surface area contributed by atoms with Gasteiger partial charge < -0.3 is 14.9 Å². The van der Waals surface area contributed by atoms with Crippen LogP contribution < -0.4 is 0 Å². The van der Waals surface area contributed by atoms with Crippen molar-refractivity contribution in [1.82, 2.24) is 0 Å². The van der Waals surface area contributed by atoms with Crippen molar-refractivity contribution in [1.29, 1.82) is 0 Å². The summed E-state index contributed by atoms with van der Waals surface area (Å²) in [7, 11) is 0. The van der Waals surface area contributed by atoms with Crippen LogP contribution in [0.1, 0.15) is 32.4 Å². The fourth-order valence-electron chi connectivity index (χ4n) is 4.25. The first-order valence-electron chi connectivity index (χ1n) is 7.69. The van der Waals surface area contributed by atoms with Gasteiger partial charge in [0.15, 0.2) is 0 Å². The molecule has 3 nitrogen and oxygen atoms in total. The van der Waals surface area contributed by atoms with Crippen LogP contribution >= 0.6 is 0 Å². The van der Waals surface area contributed by atoms with Crippen LogP contribution in [0.2, 0.25) is 0 Å². The highest BCUT2D eigenvalue weighted by Gasteiger charge is 2.53. The zero-order valence-corrected chi connectivity index (χ0v) is 12.9. The van der Waals surface area contributed by atoms with Crippen molar-refractivity contribution >= 4 is 0 Å². The Balaban J connectivity index is 2.01. The summed E-state index contributed by atoms with van der Waals surface area (Å²) in [4.78, 5) is 0. The number of aliphatic hydroxyl groups is 1. The molecule has 1 aromatic carbocycles. The van der Waals surface area contributed by atoms with Gasteiger partial charge in [0.25, 0.3) is 0 Å². The number of fused-ring (bicyclic) bond motifs is 2. The molecule has 1 aromatic rings. The van der Waals surface area contributed by atoms with E-state index in [-0.39, 0.29) is 29.8 Å². The number of hydrogen-bond donors (Lipinski definition) is 2. The van der Waals surface area contributed by atoms with Crippen molar-refractivity contribution in [3.63, 3.8) is 0 Å². The third-order valence-corrected chi connectivity index (χ3v) is 5.76. The number of benzene rings is 1. The molecule has 1 fully saturated rings. The van der Waals surface area contributed by atoms with E-state index in [1.807, 2.05) is 12.1 Å². The lowest BCUT2D eigenvalue weighted by Gasteiger charge is -2.55. The summed E-state index contributed by atoms with van der Waals surface area (Å²) in [6.07, 6.45) is 2.31. The maximum absolute atomic E-state index is 9.97. The van der Waals surface area contributed by atoms with Gasteiger partial charge in [-0.3, -0.25) is 0 Å². The molecule has 0 radical (unpaired) electrons. The van der Waals surface area contributed by atoms with Crippen LogP contribution in [0.25, 0.3) is 0 Å². The smallest absolute Gasteiger partial charge is 0.115 e. The molecule has 2 N–H and O–H groups in total. The van der Waals surface area contributed by atoms with Gasteiger partial charge in [-0.1, -0.05) is 37.6 Å². The minimum atomic E-state index is -0.169. The Hall–Kier alpha value is -1.32. The molecule has 0 amide bonds. The molecule has 2 bridgehead atoms. The summed E-state index contributed by atoms with van der Waals surface area (Å²) in [6, 6.07) is 7.29. The third kappa shape index (κ3) is 2.11. The number of phenols is 1. The maximum atomic E-state index is 9.97. The Kier molecular flexibility index (Phi) is 3.58. The average Bonchev–Trinajstić information content (AvgIpc) is 2.46. The first-order valence-corrected chi connectivity index (χ1v) is 7.69. The molecule has 3 heteroatoms. The van der Waals surface area contributed by atoms with Gasteiger partial charge in [0, 0.05) is 11.3 Å². The number of allylic oxidation sites excluding steroid dienone is 1. The van der Waals surface area contributed by atoms with Gasteiger partial charge >= 0.3 is 0 Å². The van der Waals surface area contributed by atoms with Gasteiger partial charge in [0.05, 0.1) is 19.3 Å². The third-order valence-electron chi connectivity index (χ3n) is 5.76. The van der Waals surface area contributed by atoms with Crippen LogP contribution in [0, 0.1) is 23.2 Å². The zero-order chi connectivity index (χ0) is 15.2. The van der Waals surface area contributed by atoms with Gasteiger partial charge in [0.1, 0.15) is 5.75 Å². The Morgan fingerprint density at radius 3 is 2.52 bits per heavy atom. The van der Waals surface area contributed by atoms with E-state index >= 15 is 0 Å². The summed E-state index contributed by atoms with van der Waals surface area (Å²) >= 11 is 0. The highest BCUT2D eigenvalue weighted by atomic mass is 16.5. The van der Waals surface area contributed by atoms with Gasteiger partial charge in [-0.2, -0.15) is 0 Å². The molecule has 114 valence electrons. The lowest BCUT2D eigenvalue weighted by Crippen LogP contribution is -2.53. The number of phenolic OH excluding ortho intramolecular Hbond substituents is 1. The predicted molar refractivity (Wildman–Crippen MR) is 81.9 cm³/mol. The molecule has 1 aliphatic heterocycles. The second-order valence-electron chi connectivity index (χ2n) is 6.73. The predicted octanol–water partition coefficient (Wildman–Crippen LogP) is 3.29. The number of aromatic hydroxyl groups is 1. The van der Waals surface area contributed by atoms with E-state index in [4.69, 9.17) is 4.74 Å². The largest absolute Gasteiger partial charge is 0.508 e. The number of aliphatic hydroxyl groups excluding tert-OH is 1. The molecule has 1 aliphatic carbocycles. The lowest BCUT2D eigenvalue weighted by molar-refractivity contribution is -0.165.